The van der Waals surface area contributed by atoms with Crippen LogP contribution in [0.5, 0.6) is 0 Å². The highest BCUT2D eigenvalue weighted by Gasteiger charge is 2.28. The van der Waals surface area contributed by atoms with E-state index in [9.17, 15) is 26.9 Å². The Hall–Kier alpha value is -2.50. The second-order valence-corrected chi connectivity index (χ2v) is 10.5. The summed E-state index contributed by atoms with van der Waals surface area (Å²) in [5, 5.41) is 11.1. The summed E-state index contributed by atoms with van der Waals surface area (Å²) in [5.41, 5.74) is 1.35. The topological polar surface area (TPSA) is 127 Å². The van der Waals surface area contributed by atoms with Crippen LogP contribution in [-0.2, 0) is 33.0 Å². The van der Waals surface area contributed by atoms with Crippen molar-refractivity contribution < 1.29 is 21.8 Å². The van der Waals surface area contributed by atoms with Crippen LogP contribution in [0.15, 0.2) is 47.4 Å². The van der Waals surface area contributed by atoms with Gasteiger partial charge in [0.2, 0.25) is 10.0 Å². The molecule has 0 radical (unpaired) electrons. The normalized spacial score (nSPS) is 14.9. The first-order chi connectivity index (χ1) is 13.6. The second kappa shape index (κ2) is 8.09. The molecule has 0 aromatic heterocycles. The molecule has 9 nitrogen and oxygen atoms in total. The lowest BCUT2D eigenvalue weighted by Crippen LogP contribution is -2.37. The van der Waals surface area contributed by atoms with Crippen LogP contribution in [-0.4, -0.2) is 38.4 Å². The Kier molecular flexibility index (Phi) is 5.92. The average Bonchev–Trinajstić information content (AvgIpc) is 2.67. The Balaban J connectivity index is 1.89. The lowest BCUT2D eigenvalue weighted by Gasteiger charge is -2.28. The van der Waals surface area contributed by atoms with Crippen LogP contribution in [0, 0.1) is 10.1 Å². The molecule has 3 rings (SSSR count). The number of nitro groups is 1. The number of nitrogens with one attached hydrogen (secondary N) is 1. The molecule has 29 heavy (non-hydrogen) atoms. The van der Waals surface area contributed by atoms with E-state index in [0.29, 0.717) is 24.9 Å². The molecule has 2 aromatic rings. The zero-order chi connectivity index (χ0) is 21.2. The Labute approximate surface area is 169 Å². The summed E-state index contributed by atoms with van der Waals surface area (Å²) in [6.45, 7) is 2.35. The number of fused-ring (bicyclic) bond motifs is 1. The highest BCUT2D eigenvalue weighted by atomic mass is 32.2. The fourth-order valence-corrected chi connectivity index (χ4v) is 5.97. The van der Waals surface area contributed by atoms with E-state index >= 15 is 0 Å². The van der Waals surface area contributed by atoms with E-state index in [2.05, 4.69) is 4.72 Å². The van der Waals surface area contributed by atoms with Gasteiger partial charge in [-0.2, -0.15) is 4.31 Å². The van der Waals surface area contributed by atoms with E-state index in [1.807, 2.05) is 0 Å². The third-order valence-electron chi connectivity index (χ3n) is 4.64. The highest BCUT2D eigenvalue weighted by Crippen LogP contribution is 2.28. The summed E-state index contributed by atoms with van der Waals surface area (Å²) in [6, 6.07) is 9.98. The molecule has 1 aliphatic rings. The Bertz CT molecular complexity index is 1150. The van der Waals surface area contributed by atoms with Crippen molar-refractivity contribution in [2.24, 2.45) is 0 Å². The summed E-state index contributed by atoms with van der Waals surface area (Å²) in [6.07, 6.45) is 1.05. The number of sulfonamides is 2. The summed E-state index contributed by atoms with van der Waals surface area (Å²) < 4.78 is 53.8. The molecular formula is C18H21N3O6S2. The van der Waals surface area contributed by atoms with Crippen molar-refractivity contribution in [2.45, 2.75) is 31.2 Å². The quantitative estimate of drug-likeness (QED) is 0.522. The molecule has 0 aliphatic carbocycles. The molecule has 0 spiro atoms. The molecule has 0 fully saturated rings. The van der Waals surface area contributed by atoms with Gasteiger partial charge in [-0.3, -0.25) is 14.8 Å². The first-order valence-electron chi connectivity index (χ1n) is 9.00. The summed E-state index contributed by atoms with van der Waals surface area (Å²) in [4.78, 5) is 9.96. The Morgan fingerprint density at radius 1 is 1.10 bits per heavy atom. The van der Waals surface area contributed by atoms with Gasteiger partial charge in [0.15, 0.2) is 4.90 Å². The molecule has 0 atom stereocenters. The molecule has 1 aliphatic heterocycles. The molecule has 156 valence electrons. The molecule has 0 unspecified atom stereocenters. The van der Waals surface area contributed by atoms with Crippen molar-refractivity contribution in [3.8, 4) is 0 Å². The first-order valence-corrected chi connectivity index (χ1v) is 12.1. The van der Waals surface area contributed by atoms with Gasteiger partial charge in [-0.25, -0.2) is 16.8 Å². The molecule has 0 saturated carbocycles. The molecule has 1 heterocycles. The van der Waals surface area contributed by atoms with Crippen LogP contribution < -0.4 is 4.72 Å². The van der Waals surface area contributed by atoms with Gasteiger partial charge < -0.3 is 0 Å². The van der Waals surface area contributed by atoms with Gasteiger partial charge in [0.1, 0.15) is 0 Å². The van der Waals surface area contributed by atoms with Crippen LogP contribution in [0.2, 0.25) is 0 Å². The van der Waals surface area contributed by atoms with Gasteiger partial charge in [-0.05, 0) is 42.2 Å². The highest BCUT2D eigenvalue weighted by molar-refractivity contribution is 7.92. The Morgan fingerprint density at radius 2 is 1.83 bits per heavy atom. The van der Waals surface area contributed by atoms with E-state index in [4.69, 9.17) is 0 Å². The van der Waals surface area contributed by atoms with E-state index in [1.165, 1.54) is 16.4 Å². The number of benzene rings is 2. The van der Waals surface area contributed by atoms with Crippen LogP contribution in [0.1, 0.15) is 24.5 Å². The van der Waals surface area contributed by atoms with Crippen molar-refractivity contribution in [1.82, 2.24) is 4.31 Å². The number of rotatable bonds is 7. The standard InChI is InChI=1S/C18H21N3O6S2/c1-2-11-28(24,25)20-10-9-14-7-8-16(12-15(14)13-20)19-29(26,27)18-6-4-3-5-17(18)21(22)23/h3-8,12,19H,2,9-11,13H2,1H3. The maximum atomic E-state index is 12.7. The minimum absolute atomic E-state index is 0.0618. The van der Waals surface area contributed by atoms with Crippen molar-refractivity contribution in [3.05, 3.63) is 63.7 Å². The summed E-state index contributed by atoms with van der Waals surface area (Å²) >= 11 is 0. The zero-order valence-corrected chi connectivity index (χ0v) is 17.4. The number of para-hydroxylation sites is 1. The van der Waals surface area contributed by atoms with E-state index < -0.39 is 35.6 Å². The van der Waals surface area contributed by atoms with Crippen molar-refractivity contribution >= 4 is 31.4 Å². The molecule has 0 saturated heterocycles. The Morgan fingerprint density at radius 3 is 2.52 bits per heavy atom. The maximum absolute atomic E-state index is 12.7. The minimum Gasteiger partial charge on any atom is -0.279 e. The van der Waals surface area contributed by atoms with Gasteiger partial charge in [-0.15, -0.1) is 0 Å². The van der Waals surface area contributed by atoms with Crippen molar-refractivity contribution in [3.63, 3.8) is 0 Å². The number of nitrogens with zero attached hydrogens (tertiary/aromatic N) is 2. The monoisotopic (exact) mass is 439 g/mol. The lowest BCUT2D eigenvalue weighted by atomic mass is 10.0. The molecule has 1 N–H and O–H groups in total. The second-order valence-electron chi connectivity index (χ2n) is 6.71. The molecule has 2 aromatic carbocycles. The number of nitro benzene ring substituents is 1. The summed E-state index contributed by atoms with van der Waals surface area (Å²) in [7, 11) is -7.55. The zero-order valence-electron chi connectivity index (χ0n) is 15.7. The third-order valence-corrected chi connectivity index (χ3v) is 8.09. The number of hydrogen-bond donors (Lipinski definition) is 1. The lowest BCUT2D eigenvalue weighted by molar-refractivity contribution is -0.387. The van der Waals surface area contributed by atoms with Crippen LogP contribution in [0.4, 0.5) is 11.4 Å². The molecule has 0 bridgehead atoms. The van der Waals surface area contributed by atoms with Crippen LogP contribution in [0.3, 0.4) is 0 Å². The number of anilines is 1. The number of hydrogen-bond acceptors (Lipinski definition) is 6. The van der Waals surface area contributed by atoms with Crippen molar-refractivity contribution in [1.29, 1.82) is 0 Å². The summed E-state index contributed by atoms with van der Waals surface area (Å²) in [5.74, 6) is 0.0618. The fraction of sp³-hybridized carbons (Fsp3) is 0.333. The van der Waals surface area contributed by atoms with Gasteiger partial charge in [0.25, 0.3) is 15.7 Å². The van der Waals surface area contributed by atoms with Gasteiger partial charge in [-0.1, -0.05) is 25.1 Å². The van der Waals surface area contributed by atoms with E-state index in [0.717, 1.165) is 17.7 Å². The van der Waals surface area contributed by atoms with Crippen LogP contribution in [0.25, 0.3) is 0 Å². The molecular weight excluding hydrogens is 418 g/mol. The maximum Gasteiger partial charge on any atom is 0.289 e. The van der Waals surface area contributed by atoms with Crippen molar-refractivity contribution in [2.75, 3.05) is 17.0 Å². The van der Waals surface area contributed by atoms with Gasteiger partial charge in [0, 0.05) is 24.8 Å². The molecule has 11 heteroatoms. The van der Waals surface area contributed by atoms with Gasteiger partial charge in [0.05, 0.1) is 10.7 Å². The minimum atomic E-state index is -4.19. The van der Waals surface area contributed by atoms with Gasteiger partial charge >= 0.3 is 0 Å². The largest absolute Gasteiger partial charge is 0.289 e. The average molecular weight is 440 g/mol. The fourth-order valence-electron chi connectivity index (χ4n) is 3.26. The smallest absolute Gasteiger partial charge is 0.279 e. The predicted octanol–water partition coefficient (Wildman–Crippen LogP) is 2.49. The van der Waals surface area contributed by atoms with E-state index in [1.54, 1.807) is 25.1 Å². The predicted molar refractivity (Wildman–Crippen MR) is 109 cm³/mol. The van der Waals surface area contributed by atoms with Crippen LogP contribution >= 0.6 is 0 Å². The molecule has 0 amide bonds. The SMILES string of the molecule is CCCS(=O)(=O)N1CCc2ccc(NS(=O)(=O)c3ccccc3[N+](=O)[O-])cc2C1. The van der Waals surface area contributed by atoms with E-state index in [-0.39, 0.29) is 18.0 Å². The third kappa shape index (κ3) is 4.57. The first kappa shape index (κ1) is 21.2.